The molecule has 6 nitrogen and oxygen atoms in total. The van der Waals surface area contributed by atoms with Crippen molar-refractivity contribution >= 4 is 28.6 Å². The van der Waals surface area contributed by atoms with E-state index in [-0.39, 0.29) is 17.9 Å². The maximum absolute atomic E-state index is 13.2. The highest BCUT2D eigenvalue weighted by molar-refractivity contribution is 6.01. The predicted octanol–water partition coefficient (Wildman–Crippen LogP) is 4.27. The largest absolute Gasteiger partial charge is 0.461 e. The third-order valence-electron chi connectivity index (χ3n) is 5.48. The second-order valence-corrected chi connectivity index (χ2v) is 8.99. The first-order valence-corrected chi connectivity index (χ1v) is 11.6. The zero-order valence-corrected chi connectivity index (χ0v) is 20.1. The van der Waals surface area contributed by atoms with Crippen LogP contribution in [0, 0.1) is 5.92 Å². The molecule has 34 heavy (non-hydrogen) atoms. The number of fused-ring (bicyclic) bond motifs is 1. The highest BCUT2D eigenvalue weighted by Gasteiger charge is 2.30. The van der Waals surface area contributed by atoms with Gasteiger partial charge in [0.15, 0.2) is 0 Å². The summed E-state index contributed by atoms with van der Waals surface area (Å²) in [6.45, 7) is 7.23. The summed E-state index contributed by atoms with van der Waals surface area (Å²) in [6, 6.07) is 20.9. The summed E-state index contributed by atoms with van der Waals surface area (Å²) in [4.78, 5) is 38.9. The maximum atomic E-state index is 13.2. The molecule has 2 amide bonds. The molecule has 0 aliphatic heterocycles. The Morgan fingerprint density at radius 3 is 2.09 bits per heavy atom. The fourth-order valence-electron chi connectivity index (χ4n) is 3.71. The van der Waals surface area contributed by atoms with Crippen LogP contribution < -0.4 is 10.6 Å². The van der Waals surface area contributed by atoms with E-state index in [9.17, 15) is 14.4 Å². The van der Waals surface area contributed by atoms with Crippen molar-refractivity contribution in [3.8, 4) is 0 Å². The molecule has 3 aromatic carbocycles. The SMILES string of the molecule is CC(C)OC(=O)C(Cc1ccccc1)NC(=O)C(NC(=O)c1ccc2ccccc2c1)C(C)C. The van der Waals surface area contributed by atoms with Crippen molar-refractivity contribution in [3.63, 3.8) is 0 Å². The third kappa shape index (κ3) is 6.67. The summed E-state index contributed by atoms with van der Waals surface area (Å²) >= 11 is 0. The van der Waals surface area contributed by atoms with E-state index in [2.05, 4.69) is 10.6 Å². The summed E-state index contributed by atoms with van der Waals surface area (Å²) < 4.78 is 5.38. The second kappa shape index (κ2) is 11.5. The van der Waals surface area contributed by atoms with E-state index in [0.29, 0.717) is 12.0 Å². The number of nitrogens with one attached hydrogen (secondary N) is 2. The predicted molar refractivity (Wildman–Crippen MR) is 133 cm³/mol. The second-order valence-electron chi connectivity index (χ2n) is 8.99. The molecule has 0 aliphatic carbocycles. The molecule has 2 atom stereocenters. The van der Waals surface area contributed by atoms with Crippen LogP contribution in [0.15, 0.2) is 72.8 Å². The molecule has 6 heteroatoms. The Hall–Kier alpha value is -3.67. The number of ether oxygens (including phenoxy) is 1. The number of hydrogen-bond acceptors (Lipinski definition) is 4. The van der Waals surface area contributed by atoms with Crippen molar-refractivity contribution in [2.24, 2.45) is 5.92 Å². The molecule has 0 aliphatic rings. The van der Waals surface area contributed by atoms with Gasteiger partial charge in [0.25, 0.3) is 5.91 Å². The number of carbonyl (C=O) groups is 3. The van der Waals surface area contributed by atoms with Crippen LogP contribution in [0.2, 0.25) is 0 Å². The molecular formula is C28H32N2O4. The van der Waals surface area contributed by atoms with Crippen LogP contribution in [0.4, 0.5) is 0 Å². The number of carbonyl (C=O) groups excluding carboxylic acids is 3. The Bertz CT molecular complexity index is 1140. The van der Waals surface area contributed by atoms with E-state index in [0.717, 1.165) is 16.3 Å². The van der Waals surface area contributed by atoms with Crippen LogP contribution in [0.1, 0.15) is 43.6 Å². The van der Waals surface area contributed by atoms with Crippen LogP contribution in [-0.4, -0.2) is 36.0 Å². The minimum atomic E-state index is -0.865. The van der Waals surface area contributed by atoms with Gasteiger partial charge in [0.1, 0.15) is 12.1 Å². The fraction of sp³-hybridized carbons (Fsp3) is 0.321. The standard InChI is InChI=1S/C28H32N2O4/c1-18(2)25(30-26(31)23-15-14-21-12-8-9-13-22(21)17-23)27(32)29-24(28(33)34-19(3)4)16-20-10-6-5-7-11-20/h5-15,17-19,24-25H,16H2,1-4H3,(H,29,32)(H,30,31). The van der Waals surface area contributed by atoms with Gasteiger partial charge in [-0.15, -0.1) is 0 Å². The van der Waals surface area contributed by atoms with Gasteiger partial charge in [-0.25, -0.2) is 4.79 Å². The van der Waals surface area contributed by atoms with E-state index in [4.69, 9.17) is 4.74 Å². The van der Waals surface area contributed by atoms with Gasteiger partial charge >= 0.3 is 5.97 Å². The summed E-state index contributed by atoms with van der Waals surface area (Å²) in [6.07, 6.45) is -0.0159. The molecule has 178 valence electrons. The summed E-state index contributed by atoms with van der Waals surface area (Å²) in [5.74, 6) is -1.46. The minimum Gasteiger partial charge on any atom is -0.461 e. The zero-order valence-electron chi connectivity index (χ0n) is 20.1. The van der Waals surface area contributed by atoms with E-state index in [1.54, 1.807) is 26.0 Å². The Kier molecular flexibility index (Phi) is 8.41. The van der Waals surface area contributed by atoms with E-state index in [1.807, 2.05) is 74.5 Å². The lowest BCUT2D eigenvalue weighted by atomic mass is 10.0. The van der Waals surface area contributed by atoms with Gasteiger partial charge < -0.3 is 15.4 Å². The lowest BCUT2D eigenvalue weighted by molar-refractivity contribution is -0.151. The van der Waals surface area contributed by atoms with E-state index in [1.165, 1.54) is 0 Å². The number of rotatable bonds is 9. The van der Waals surface area contributed by atoms with Crippen LogP contribution in [0.25, 0.3) is 10.8 Å². The Morgan fingerprint density at radius 1 is 0.794 bits per heavy atom. The summed E-state index contributed by atoms with van der Waals surface area (Å²) in [7, 11) is 0. The van der Waals surface area contributed by atoms with E-state index >= 15 is 0 Å². The summed E-state index contributed by atoms with van der Waals surface area (Å²) in [5.41, 5.74) is 1.37. The Morgan fingerprint density at radius 2 is 1.44 bits per heavy atom. The van der Waals surface area contributed by atoms with Crippen LogP contribution >= 0.6 is 0 Å². The quantitative estimate of drug-likeness (QED) is 0.467. The Labute approximate surface area is 200 Å². The minimum absolute atomic E-state index is 0.192. The third-order valence-corrected chi connectivity index (χ3v) is 5.48. The van der Waals surface area contributed by atoms with Gasteiger partial charge in [0, 0.05) is 12.0 Å². The average molecular weight is 461 g/mol. The van der Waals surface area contributed by atoms with Crippen LogP contribution in [0.5, 0.6) is 0 Å². The maximum Gasteiger partial charge on any atom is 0.329 e. The first kappa shape index (κ1) is 25.0. The molecule has 0 heterocycles. The molecule has 2 N–H and O–H groups in total. The molecule has 0 bridgehead atoms. The number of benzene rings is 3. The van der Waals surface area contributed by atoms with Gasteiger partial charge in [0.2, 0.25) is 5.91 Å². The van der Waals surface area contributed by atoms with Gasteiger partial charge in [-0.2, -0.15) is 0 Å². The van der Waals surface area contributed by atoms with Crippen molar-refractivity contribution in [3.05, 3.63) is 83.9 Å². The van der Waals surface area contributed by atoms with Crippen molar-refractivity contribution in [1.29, 1.82) is 0 Å². The Balaban J connectivity index is 1.76. The highest BCUT2D eigenvalue weighted by atomic mass is 16.5. The number of hydrogen-bond donors (Lipinski definition) is 2. The van der Waals surface area contributed by atoms with Crippen molar-refractivity contribution < 1.29 is 19.1 Å². The number of esters is 1. The van der Waals surface area contributed by atoms with Crippen LogP contribution in [0.3, 0.4) is 0 Å². The smallest absolute Gasteiger partial charge is 0.329 e. The van der Waals surface area contributed by atoms with Crippen molar-refractivity contribution in [1.82, 2.24) is 10.6 Å². The molecule has 3 rings (SSSR count). The first-order valence-electron chi connectivity index (χ1n) is 11.6. The lowest BCUT2D eigenvalue weighted by Crippen LogP contribution is -2.54. The molecule has 0 spiro atoms. The topological polar surface area (TPSA) is 84.5 Å². The van der Waals surface area contributed by atoms with Gasteiger partial charge in [-0.3, -0.25) is 9.59 Å². The molecule has 3 aromatic rings. The molecule has 0 saturated carbocycles. The van der Waals surface area contributed by atoms with Gasteiger partial charge in [0.05, 0.1) is 6.10 Å². The van der Waals surface area contributed by atoms with Gasteiger partial charge in [-0.05, 0) is 48.2 Å². The van der Waals surface area contributed by atoms with Crippen molar-refractivity contribution in [2.45, 2.75) is 52.3 Å². The zero-order chi connectivity index (χ0) is 24.7. The van der Waals surface area contributed by atoms with Gasteiger partial charge in [-0.1, -0.05) is 74.5 Å². The van der Waals surface area contributed by atoms with Crippen molar-refractivity contribution in [2.75, 3.05) is 0 Å². The number of amides is 2. The molecule has 2 unspecified atom stereocenters. The average Bonchev–Trinajstić information content (AvgIpc) is 2.81. The molecule has 0 fully saturated rings. The molecular weight excluding hydrogens is 428 g/mol. The lowest BCUT2D eigenvalue weighted by Gasteiger charge is -2.25. The fourth-order valence-corrected chi connectivity index (χ4v) is 3.71. The first-order chi connectivity index (χ1) is 16.2. The summed E-state index contributed by atoms with van der Waals surface area (Å²) in [5, 5.41) is 7.63. The molecule has 0 radical (unpaired) electrons. The van der Waals surface area contributed by atoms with Crippen LogP contribution in [-0.2, 0) is 20.7 Å². The molecule has 0 saturated heterocycles. The normalized spacial score (nSPS) is 12.9. The highest BCUT2D eigenvalue weighted by Crippen LogP contribution is 2.16. The van der Waals surface area contributed by atoms with E-state index < -0.39 is 24.0 Å². The monoisotopic (exact) mass is 460 g/mol. The molecule has 0 aromatic heterocycles.